The lowest BCUT2D eigenvalue weighted by Gasteiger charge is -2.05. The van der Waals surface area contributed by atoms with Crippen LogP contribution in [0.3, 0.4) is 0 Å². The number of nitrogens with two attached hydrogens (primary N) is 1. The highest BCUT2D eigenvalue weighted by atomic mass is 16.5. The van der Waals surface area contributed by atoms with Crippen LogP contribution in [0.15, 0.2) is 42.7 Å². The summed E-state index contributed by atoms with van der Waals surface area (Å²) in [6.45, 7) is 1.61. The molecular formula is C19H17N3O4. The Labute approximate surface area is 149 Å². The van der Waals surface area contributed by atoms with Gasteiger partial charge in [0.15, 0.2) is 6.61 Å². The van der Waals surface area contributed by atoms with Gasteiger partial charge in [0.25, 0.3) is 0 Å². The summed E-state index contributed by atoms with van der Waals surface area (Å²) in [5, 5.41) is 0.791. The predicted octanol–water partition coefficient (Wildman–Crippen LogP) is 2.26. The first-order valence-electron chi connectivity index (χ1n) is 8.06. The number of nitrogens with zero attached hydrogens (tertiary/aromatic N) is 1. The van der Waals surface area contributed by atoms with E-state index >= 15 is 0 Å². The Morgan fingerprint density at radius 2 is 2.04 bits per heavy atom. The minimum Gasteiger partial charge on any atom is -0.453 e. The number of esters is 1. The maximum Gasteiger partial charge on any atom is 0.357 e. The Bertz CT molecular complexity index is 1010. The largest absolute Gasteiger partial charge is 0.453 e. The van der Waals surface area contributed by atoms with Gasteiger partial charge < -0.3 is 15.5 Å². The molecule has 0 aliphatic heterocycles. The number of nitrogens with one attached hydrogen (secondary N) is 1. The highest BCUT2D eigenvalue weighted by Gasteiger charge is 2.17. The topological polar surface area (TPSA) is 115 Å². The Kier molecular flexibility index (Phi) is 4.79. The van der Waals surface area contributed by atoms with E-state index in [0.717, 1.165) is 22.9 Å². The van der Waals surface area contributed by atoms with Crippen LogP contribution in [-0.4, -0.2) is 34.2 Å². The van der Waals surface area contributed by atoms with Gasteiger partial charge in [-0.05, 0) is 24.1 Å². The lowest BCUT2D eigenvalue weighted by molar-refractivity contribution is 0.0469. The lowest BCUT2D eigenvalue weighted by atomic mass is 10.1. The van der Waals surface area contributed by atoms with E-state index in [-0.39, 0.29) is 17.0 Å². The van der Waals surface area contributed by atoms with Crippen molar-refractivity contribution in [2.24, 2.45) is 5.73 Å². The molecule has 2 aromatic heterocycles. The number of rotatable bonds is 6. The van der Waals surface area contributed by atoms with Crippen LogP contribution < -0.4 is 5.73 Å². The van der Waals surface area contributed by atoms with Crippen molar-refractivity contribution in [3.05, 3.63) is 65.1 Å². The number of H-pyrrole nitrogens is 1. The summed E-state index contributed by atoms with van der Waals surface area (Å²) >= 11 is 0. The summed E-state index contributed by atoms with van der Waals surface area (Å²) in [5.74, 6) is -1.80. The molecule has 3 N–H and O–H groups in total. The van der Waals surface area contributed by atoms with Gasteiger partial charge in [-0.15, -0.1) is 0 Å². The molecule has 3 aromatic rings. The maximum absolute atomic E-state index is 12.4. The van der Waals surface area contributed by atoms with Crippen LogP contribution in [0.2, 0.25) is 0 Å². The first-order valence-corrected chi connectivity index (χ1v) is 8.06. The smallest absolute Gasteiger partial charge is 0.357 e. The van der Waals surface area contributed by atoms with E-state index in [2.05, 4.69) is 9.97 Å². The molecule has 1 amide bonds. The van der Waals surface area contributed by atoms with Crippen LogP contribution in [0.1, 0.15) is 43.7 Å². The van der Waals surface area contributed by atoms with Crippen LogP contribution >= 0.6 is 0 Å². The van der Waals surface area contributed by atoms with Crippen molar-refractivity contribution in [1.29, 1.82) is 0 Å². The van der Waals surface area contributed by atoms with Crippen molar-refractivity contribution in [3.8, 4) is 0 Å². The number of para-hydroxylation sites is 1. The first-order chi connectivity index (χ1) is 12.5. The van der Waals surface area contributed by atoms with E-state index in [9.17, 15) is 14.4 Å². The van der Waals surface area contributed by atoms with Gasteiger partial charge in [0.2, 0.25) is 11.7 Å². The molecule has 132 valence electrons. The summed E-state index contributed by atoms with van der Waals surface area (Å²) in [6, 6.07) is 8.34. The number of carbonyl (C=O) groups excluding carboxylic acids is 3. The van der Waals surface area contributed by atoms with Crippen LogP contribution in [-0.2, 0) is 11.2 Å². The number of aromatic amines is 1. The van der Waals surface area contributed by atoms with E-state index in [1.807, 2.05) is 25.1 Å². The Hall–Kier alpha value is -3.48. The number of fused-ring (bicyclic) bond motifs is 1. The molecule has 7 nitrogen and oxygen atoms in total. The molecule has 0 radical (unpaired) electrons. The fourth-order valence-electron chi connectivity index (χ4n) is 2.72. The van der Waals surface area contributed by atoms with Crippen molar-refractivity contribution >= 4 is 28.6 Å². The number of ketones is 1. The Morgan fingerprint density at radius 3 is 2.77 bits per heavy atom. The minimum atomic E-state index is -0.796. The number of Topliss-reactive ketones (excluding diaryl/α,β-unsaturated/α-hetero) is 1. The van der Waals surface area contributed by atoms with Crippen LogP contribution in [0.25, 0.3) is 10.9 Å². The maximum atomic E-state index is 12.4. The number of aryl methyl sites for hydroxylation is 1. The number of benzene rings is 1. The zero-order valence-corrected chi connectivity index (χ0v) is 14.1. The fourth-order valence-corrected chi connectivity index (χ4v) is 2.72. The van der Waals surface area contributed by atoms with Gasteiger partial charge in [0.1, 0.15) is 5.69 Å². The molecule has 0 aliphatic rings. The van der Waals surface area contributed by atoms with Crippen LogP contribution in [0.4, 0.5) is 0 Å². The fraction of sp³-hybridized carbons (Fsp3) is 0.158. The van der Waals surface area contributed by atoms with Gasteiger partial charge in [-0.2, -0.15) is 0 Å². The molecule has 26 heavy (non-hydrogen) atoms. The SMILES string of the molecule is CCc1cccc2c(C(=O)COC(=O)c3cc(C(N)=O)ccn3)c[nH]c12. The highest BCUT2D eigenvalue weighted by Crippen LogP contribution is 2.22. The van der Waals surface area contributed by atoms with Crippen molar-refractivity contribution < 1.29 is 19.1 Å². The third-order valence-electron chi connectivity index (χ3n) is 4.07. The third kappa shape index (κ3) is 3.32. The summed E-state index contributed by atoms with van der Waals surface area (Å²) in [5.41, 5.74) is 7.69. The molecule has 0 saturated carbocycles. The molecule has 3 rings (SSSR count). The molecule has 0 saturated heterocycles. The highest BCUT2D eigenvalue weighted by molar-refractivity contribution is 6.09. The molecule has 0 aliphatic carbocycles. The van der Waals surface area contributed by atoms with E-state index in [4.69, 9.17) is 10.5 Å². The third-order valence-corrected chi connectivity index (χ3v) is 4.07. The second-order valence-electron chi connectivity index (χ2n) is 5.69. The van der Waals surface area contributed by atoms with Crippen molar-refractivity contribution in [2.45, 2.75) is 13.3 Å². The average molecular weight is 351 g/mol. The standard InChI is InChI=1S/C19H17N3O4/c1-2-11-4-3-5-13-14(9-22-17(11)13)16(23)10-26-19(25)15-8-12(18(20)24)6-7-21-15/h3-9,22H,2,10H2,1H3,(H2,20,24). The summed E-state index contributed by atoms with van der Waals surface area (Å²) in [6.07, 6.45) is 3.73. The molecule has 2 heterocycles. The number of hydrogen-bond donors (Lipinski definition) is 2. The predicted molar refractivity (Wildman–Crippen MR) is 95.0 cm³/mol. The number of primary amides is 1. The zero-order valence-electron chi connectivity index (χ0n) is 14.1. The van der Waals surface area contributed by atoms with Crippen LogP contribution in [0, 0.1) is 0 Å². The average Bonchev–Trinajstić information content (AvgIpc) is 3.10. The van der Waals surface area contributed by atoms with Crippen LogP contribution in [0.5, 0.6) is 0 Å². The second-order valence-corrected chi connectivity index (χ2v) is 5.69. The van der Waals surface area contributed by atoms with E-state index in [1.165, 1.54) is 18.3 Å². The summed E-state index contributed by atoms with van der Waals surface area (Å²) in [4.78, 5) is 42.6. The van der Waals surface area contributed by atoms with Crippen molar-refractivity contribution in [3.63, 3.8) is 0 Å². The molecule has 0 unspecified atom stereocenters. The zero-order chi connectivity index (χ0) is 18.7. The first kappa shape index (κ1) is 17.3. The van der Waals surface area contributed by atoms with Gasteiger partial charge >= 0.3 is 5.97 Å². The Morgan fingerprint density at radius 1 is 1.23 bits per heavy atom. The van der Waals surface area contributed by atoms with Crippen molar-refractivity contribution in [1.82, 2.24) is 9.97 Å². The Balaban J connectivity index is 1.74. The van der Waals surface area contributed by atoms with Crippen molar-refractivity contribution in [2.75, 3.05) is 6.61 Å². The number of carbonyl (C=O) groups is 3. The monoisotopic (exact) mass is 351 g/mol. The molecule has 1 aromatic carbocycles. The van der Waals surface area contributed by atoms with Gasteiger partial charge in [-0.1, -0.05) is 25.1 Å². The number of ether oxygens (including phenoxy) is 1. The number of pyridine rings is 1. The lowest BCUT2D eigenvalue weighted by Crippen LogP contribution is -2.17. The summed E-state index contributed by atoms with van der Waals surface area (Å²) in [7, 11) is 0. The van der Waals surface area contributed by atoms with Gasteiger partial charge in [0.05, 0.1) is 0 Å². The van der Waals surface area contributed by atoms with Gasteiger partial charge in [0, 0.05) is 34.4 Å². The molecule has 0 spiro atoms. The van der Waals surface area contributed by atoms with E-state index in [0.29, 0.717) is 5.56 Å². The molecule has 0 bridgehead atoms. The molecule has 0 fully saturated rings. The van der Waals surface area contributed by atoms with E-state index < -0.39 is 18.5 Å². The quantitative estimate of drug-likeness (QED) is 0.522. The normalized spacial score (nSPS) is 10.7. The number of amides is 1. The number of aromatic nitrogens is 2. The summed E-state index contributed by atoms with van der Waals surface area (Å²) < 4.78 is 5.04. The van der Waals surface area contributed by atoms with Gasteiger partial charge in [-0.3, -0.25) is 9.59 Å². The minimum absolute atomic E-state index is 0.0821. The second kappa shape index (κ2) is 7.18. The molecule has 7 heteroatoms. The van der Waals surface area contributed by atoms with Gasteiger partial charge in [-0.25, -0.2) is 9.78 Å². The number of hydrogen-bond acceptors (Lipinski definition) is 5. The molecular weight excluding hydrogens is 334 g/mol. The van der Waals surface area contributed by atoms with E-state index in [1.54, 1.807) is 6.20 Å². The molecule has 0 atom stereocenters.